The fourth-order valence-electron chi connectivity index (χ4n) is 5.35. The van der Waals surface area contributed by atoms with E-state index in [9.17, 15) is 18.0 Å². The van der Waals surface area contributed by atoms with E-state index in [2.05, 4.69) is 5.32 Å². The number of hydrogen-bond acceptors (Lipinski definition) is 4. The maximum absolute atomic E-state index is 14.3. The first-order chi connectivity index (χ1) is 20.9. The van der Waals surface area contributed by atoms with Crippen molar-refractivity contribution in [1.82, 2.24) is 10.2 Å². The number of hydrogen-bond donors (Lipinski definition) is 1. The first-order valence-corrected chi connectivity index (χ1v) is 17.4. The summed E-state index contributed by atoms with van der Waals surface area (Å²) < 4.78 is 29.1. The Labute approximate surface area is 279 Å². The number of anilines is 1. The van der Waals surface area contributed by atoms with E-state index in [0.29, 0.717) is 22.0 Å². The van der Waals surface area contributed by atoms with Gasteiger partial charge in [-0.3, -0.25) is 13.9 Å². The molecule has 44 heavy (non-hydrogen) atoms. The second-order valence-corrected chi connectivity index (χ2v) is 14.6. The number of carbonyl (C=O) groups is 2. The number of aryl methyl sites for hydroxylation is 1. The van der Waals surface area contributed by atoms with Crippen LogP contribution in [0.5, 0.6) is 0 Å². The minimum atomic E-state index is -4.27. The summed E-state index contributed by atoms with van der Waals surface area (Å²) in [6.45, 7) is 3.00. The Morgan fingerprint density at radius 2 is 1.52 bits per heavy atom. The number of halogens is 4. The molecule has 1 saturated carbocycles. The number of sulfonamides is 1. The quantitative estimate of drug-likeness (QED) is 0.220. The standard InChI is InChI=1S/C32H35Cl4N3O4S/c1-3-30(32(41)37-26-7-5-4-6-8-26)38(19-22-11-12-23(33)18-29(22)36)31(40)20-39(27-16-24(34)15-25(35)17-27)44(42,43)28-13-9-21(2)10-14-28/h9-18,26,30H,3-8,19-20H2,1-2H3,(H,37,41). The van der Waals surface area contributed by atoms with Gasteiger partial charge < -0.3 is 10.2 Å². The van der Waals surface area contributed by atoms with Crippen LogP contribution in [0.2, 0.25) is 20.1 Å². The highest BCUT2D eigenvalue weighted by Gasteiger charge is 2.35. The van der Waals surface area contributed by atoms with E-state index >= 15 is 0 Å². The monoisotopic (exact) mass is 697 g/mol. The van der Waals surface area contributed by atoms with E-state index in [4.69, 9.17) is 46.4 Å². The summed E-state index contributed by atoms with van der Waals surface area (Å²) in [5.41, 5.74) is 1.55. The van der Waals surface area contributed by atoms with E-state index < -0.39 is 28.5 Å². The van der Waals surface area contributed by atoms with Crippen LogP contribution in [-0.2, 0) is 26.2 Å². The first-order valence-electron chi connectivity index (χ1n) is 14.5. The fraction of sp³-hybridized carbons (Fsp3) is 0.375. The molecule has 236 valence electrons. The zero-order valence-corrected chi connectivity index (χ0v) is 28.4. The summed E-state index contributed by atoms with van der Waals surface area (Å²) in [6, 6.07) is 14.7. The average molecular weight is 700 g/mol. The third kappa shape index (κ3) is 8.61. The summed E-state index contributed by atoms with van der Waals surface area (Å²) in [5.74, 6) is -0.898. The first kappa shape index (κ1) is 34.4. The van der Waals surface area contributed by atoms with Gasteiger partial charge >= 0.3 is 0 Å². The van der Waals surface area contributed by atoms with Gasteiger partial charge in [-0.2, -0.15) is 0 Å². The van der Waals surface area contributed by atoms with Crippen LogP contribution in [0.25, 0.3) is 0 Å². The second kappa shape index (κ2) is 15.2. The van der Waals surface area contributed by atoms with Gasteiger partial charge in [-0.05, 0) is 74.2 Å². The van der Waals surface area contributed by atoms with Crippen molar-refractivity contribution < 1.29 is 18.0 Å². The summed E-state index contributed by atoms with van der Waals surface area (Å²) in [4.78, 5) is 29.4. The van der Waals surface area contributed by atoms with Gasteiger partial charge in [-0.25, -0.2) is 8.42 Å². The predicted octanol–water partition coefficient (Wildman–Crippen LogP) is 8.06. The fourth-order valence-corrected chi connectivity index (χ4v) is 7.73. The molecule has 12 heteroatoms. The van der Waals surface area contributed by atoms with Crippen LogP contribution in [0.3, 0.4) is 0 Å². The molecule has 1 unspecified atom stereocenters. The van der Waals surface area contributed by atoms with Gasteiger partial charge in [0.15, 0.2) is 0 Å². The molecule has 1 aliphatic rings. The van der Waals surface area contributed by atoms with Crippen LogP contribution >= 0.6 is 46.4 Å². The Hall–Kier alpha value is -2.49. The number of nitrogens with one attached hydrogen (secondary N) is 1. The Morgan fingerprint density at radius 3 is 2.11 bits per heavy atom. The molecular weight excluding hydrogens is 664 g/mol. The van der Waals surface area contributed by atoms with E-state index in [1.54, 1.807) is 30.3 Å². The number of amides is 2. The highest BCUT2D eigenvalue weighted by Crippen LogP contribution is 2.31. The van der Waals surface area contributed by atoms with Gasteiger partial charge in [0.2, 0.25) is 11.8 Å². The number of carbonyl (C=O) groups excluding carboxylic acids is 2. The van der Waals surface area contributed by atoms with Crippen molar-refractivity contribution in [2.45, 2.75) is 75.9 Å². The van der Waals surface area contributed by atoms with E-state index in [0.717, 1.165) is 42.0 Å². The smallest absolute Gasteiger partial charge is 0.264 e. The van der Waals surface area contributed by atoms with Crippen molar-refractivity contribution in [2.75, 3.05) is 10.8 Å². The molecule has 2 amide bonds. The van der Waals surface area contributed by atoms with E-state index in [1.807, 2.05) is 13.8 Å². The van der Waals surface area contributed by atoms with Crippen molar-refractivity contribution in [3.05, 3.63) is 91.9 Å². The molecule has 7 nitrogen and oxygen atoms in total. The van der Waals surface area contributed by atoms with Crippen LogP contribution in [0.15, 0.2) is 65.6 Å². The predicted molar refractivity (Wildman–Crippen MR) is 178 cm³/mol. The molecule has 1 fully saturated rings. The molecule has 0 saturated heterocycles. The molecule has 0 spiro atoms. The van der Waals surface area contributed by atoms with E-state index in [1.165, 1.54) is 35.2 Å². The molecule has 0 bridgehead atoms. The molecule has 1 atom stereocenters. The summed E-state index contributed by atoms with van der Waals surface area (Å²) >= 11 is 25.2. The maximum Gasteiger partial charge on any atom is 0.264 e. The maximum atomic E-state index is 14.3. The van der Waals surface area contributed by atoms with Gasteiger partial charge in [0.1, 0.15) is 12.6 Å². The molecule has 0 radical (unpaired) electrons. The zero-order chi connectivity index (χ0) is 32.0. The Morgan fingerprint density at radius 1 is 0.886 bits per heavy atom. The number of rotatable bonds is 11. The highest BCUT2D eigenvalue weighted by molar-refractivity contribution is 7.92. The van der Waals surface area contributed by atoms with Crippen molar-refractivity contribution >= 4 is 73.9 Å². The second-order valence-electron chi connectivity index (χ2n) is 11.0. The molecular formula is C32H35Cl4N3O4S. The normalized spacial score (nSPS) is 14.6. The van der Waals surface area contributed by atoms with Gasteiger partial charge in [-0.1, -0.05) is 96.4 Å². The van der Waals surface area contributed by atoms with Crippen molar-refractivity contribution in [2.24, 2.45) is 0 Å². The van der Waals surface area contributed by atoms with Crippen LogP contribution < -0.4 is 9.62 Å². The molecule has 3 aromatic rings. The van der Waals surface area contributed by atoms with Crippen LogP contribution in [0.1, 0.15) is 56.6 Å². The van der Waals surface area contributed by atoms with Crippen molar-refractivity contribution in [3.8, 4) is 0 Å². The average Bonchev–Trinajstić information content (AvgIpc) is 2.97. The Bertz CT molecular complexity index is 1580. The van der Waals surface area contributed by atoms with Gasteiger partial charge in [0.05, 0.1) is 10.6 Å². The topological polar surface area (TPSA) is 86.8 Å². The Kier molecular flexibility index (Phi) is 11.9. The minimum Gasteiger partial charge on any atom is -0.352 e. The minimum absolute atomic E-state index is 0.0126. The third-order valence-electron chi connectivity index (χ3n) is 7.72. The zero-order valence-electron chi connectivity index (χ0n) is 24.5. The largest absolute Gasteiger partial charge is 0.352 e. The van der Waals surface area contributed by atoms with Gasteiger partial charge in [0, 0.05) is 32.7 Å². The Balaban J connectivity index is 1.75. The number of benzene rings is 3. The summed E-state index contributed by atoms with van der Waals surface area (Å²) in [5, 5.41) is 4.27. The molecule has 4 rings (SSSR count). The lowest BCUT2D eigenvalue weighted by Crippen LogP contribution is -2.54. The van der Waals surface area contributed by atoms with Crippen molar-refractivity contribution in [1.29, 1.82) is 0 Å². The van der Waals surface area contributed by atoms with Gasteiger partial charge in [0.25, 0.3) is 10.0 Å². The van der Waals surface area contributed by atoms with Gasteiger partial charge in [-0.15, -0.1) is 0 Å². The lowest BCUT2D eigenvalue weighted by atomic mass is 9.95. The molecule has 1 aliphatic carbocycles. The number of nitrogens with zero attached hydrogens (tertiary/aromatic N) is 2. The van der Waals surface area contributed by atoms with Crippen LogP contribution in [0.4, 0.5) is 5.69 Å². The van der Waals surface area contributed by atoms with Crippen LogP contribution in [0, 0.1) is 6.92 Å². The van der Waals surface area contributed by atoms with Crippen molar-refractivity contribution in [3.63, 3.8) is 0 Å². The van der Waals surface area contributed by atoms with E-state index in [-0.39, 0.29) is 39.1 Å². The lowest BCUT2D eigenvalue weighted by Gasteiger charge is -2.34. The van der Waals surface area contributed by atoms with Crippen LogP contribution in [-0.4, -0.2) is 43.8 Å². The summed E-state index contributed by atoms with van der Waals surface area (Å²) in [6.07, 6.45) is 5.22. The molecule has 1 N–H and O–H groups in total. The highest BCUT2D eigenvalue weighted by atomic mass is 35.5. The third-order valence-corrected chi connectivity index (χ3v) is 10.5. The summed E-state index contributed by atoms with van der Waals surface area (Å²) in [7, 11) is -4.27. The molecule has 0 aromatic heterocycles. The molecule has 0 aliphatic heterocycles. The SMILES string of the molecule is CCC(C(=O)NC1CCCCC1)N(Cc1ccc(Cl)cc1Cl)C(=O)CN(c1cc(Cl)cc(Cl)c1)S(=O)(=O)c1ccc(C)cc1. The molecule has 3 aromatic carbocycles. The molecule has 0 heterocycles. The lowest BCUT2D eigenvalue weighted by molar-refractivity contribution is -0.140.